The highest BCUT2D eigenvalue weighted by molar-refractivity contribution is 5.96. The van der Waals surface area contributed by atoms with E-state index in [-0.39, 0.29) is 11.3 Å². The summed E-state index contributed by atoms with van der Waals surface area (Å²) in [5.41, 5.74) is 1.40. The molecule has 0 heterocycles. The van der Waals surface area contributed by atoms with Crippen molar-refractivity contribution < 1.29 is 4.79 Å². The van der Waals surface area contributed by atoms with E-state index < -0.39 is 0 Å². The van der Waals surface area contributed by atoms with Gasteiger partial charge in [0.2, 0.25) is 5.91 Å². The van der Waals surface area contributed by atoms with Crippen molar-refractivity contribution in [2.24, 2.45) is 17.3 Å². The first-order chi connectivity index (χ1) is 10.5. The summed E-state index contributed by atoms with van der Waals surface area (Å²) in [6, 6.07) is 9.77. The minimum absolute atomic E-state index is 0.125. The van der Waals surface area contributed by atoms with Crippen molar-refractivity contribution in [2.75, 3.05) is 5.32 Å². The smallest absolute Gasteiger partial charge is 0.230 e. The molecule has 0 bridgehead atoms. The monoisotopic (exact) mass is 298 g/mol. The zero-order valence-corrected chi connectivity index (χ0v) is 13.9. The molecular weight excluding hydrogens is 272 g/mol. The van der Waals surface area contributed by atoms with E-state index >= 15 is 0 Å². The molecule has 0 spiro atoms. The third-order valence-corrected chi connectivity index (χ3v) is 5.26. The number of nitrogens with zero attached hydrogens (tertiary/aromatic N) is 1. The summed E-state index contributed by atoms with van der Waals surface area (Å²) in [6.07, 6.45) is 4.47. The Kier molecular flexibility index (Phi) is 5.24. The van der Waals surface area contributed by atoms with E-state index in [2.05, 4.69) is 32.2 Å². The third kappa shape index (κ3) is 3.32. The fourth-order valence-electron chi connectivity index (χ4n) is 3.47. The van der Waals surface area contributed by atoms with Gasteiger partial charge in [-0.15, -0.1) is 0 Å². The number of carbonyl (C=O) groups excluding carboxylic acids is 1. The molecule has 0 unspecified atom stereocenters. The molecule has 0 aromatic heterocycles. The SMILES string of the molecule is CC1CCC(C(=O)Nc2ccccc2CC#N)(C(C)C)CC1. The van der Waals surface area contributed by atoms with Crippen LogP contribution in [0.3, 0.4) is 0 Å². The van der Waals surface area contributed by atoms with Crippen LogP contribution in [0.5, 0.6) is 0 Å². The fourth-order valence-corrected chi connectivity index (χ4v) is 3.47. The van der Waals surface area contributed by atoms with E-state index in [9.17, 15) is 4.79 Å². The van der Waals surface area contributed by atoms with Crippen molar-refractivity contribution in [1.82, 2.24) is 0 Å². The van der Waals surface area contributed by atoms with Crippen LogP contribution < -0.4 is 5.32 Å². The summed E-state index contributed by atoms with van der Waals surface area (Å²) in [6.45, 7) is 6.57. The lowest BCUT2D eigenvalue weighted by Gasteiger charge is -2.41. The van der Waals surface area contributed by atoms with Gasteiger partial charge in [-0.2, -0.15) is 5.26 Å². The van der Waals surface area contributed by atoms with Crippen LogP contribution in [0, 0.1) is 28.6 Å². The van der Waals surface area contributed by atoms with Crippen molar-refractivity contribution >= 4 is 11.6 Å². The van der Waals surface area contributed by atoms with Gasteiger partial charge in [0, 0.05) is 5.69 Å². The molecule has 1 N–H and O–H groups in total. The highest BCUT2D eigenvalue weighted by Gasteiger charge is 2.43. The zero-order valence-electron chi connectivity index (χ0n) is 13.9. The van der Waals surface area contributed by atoms with Gasteiger partial charge in [0.05, 0.1) is 17.9 Å². The highest BCUT2D eigenvalue weighted by atomic mass is 16.2. The van der Waals surface area contributed by atoms with Gasteiger partial charge in [0.1, 0.15) is 0 Å². The Morgan fingerprint density at radius 2 is 2.00 bits per heavy atom. The number of rotatable bonds is 4. The molecular formula is C19H26N2O. The van der Waals surface area contributed by atoms with Gasteiger partial charge in [0.15, 0.2) is 0 Å². The van der Waals surface area contributed by atoms with Crippen LogP contribution in [0.4, 0.5) is 5.69 Å². The predicted octanol–water partition coefficient (Wildman–Crippen LogP) is 4.54. The Morgan fingerprint density at radius 3 is 2.59 bits per heavy atom. The molecule has 22 heavy (non-hydrogen) atoms. The molecule has 0 aliphatic heterocycles. The molecule has 1 aliphatic rings. The van der Waals surface area contributed by atoms with Crippen molar-refractivity contribution in [3.05, 3.63) is 29.8 Å². The molecule has 1 aromatic carbocycles. The number of benzene rings is 1. The van der Waals surface area contributed by atoms with Crippen LogP contribution in [0.2, 0.25) is 0 Å². The van der Waals surface area contributed by atoms with Crippen molar-refractivity contribution in [1.29, 1.82) is 5.26 Å². The Bertz CT molecular complexity index is 563. The van der Waals surface area contributed by atoms with Gasteiger partial charge in [-0.3, -0.25) is 4.79 Å². The summed E-state index contributed by atoms with van der Waals surface area (Å²) in [5.74, 6) is 1.16. The van der Waals surface area contributed by atoms with Gasteiger partial charge < -0.3 is 5.32 Å². The van der Waals surface area contributed by atoms with E-state index in [1.807, 2.05) is 24.3 Å². The van der Waals surface area contributed by atoms with Crippen LogP contribution in [0.15, 0.2) is 24.3 Å². The molecule has 2 rings (SSSR count). The molecule has 1 aromatic rings. The summed E-state index contributed by atoms with van der Waals surface area (Å²) >= 11 is 0. The van der Waals surface area contributed by atoms with Crippen LogP contribution in [0.1, 0.15) is 52.0 Å². The molecule has 1 fully saturated rings. The van der Waals surface area contributed by atoms with Gasteiger partial charge in [-0.25, -0.2) is 0 Å². The molecule has 3 heteroatoms. The number of hydrogen-bond acceptors (Lipinski definition) is 2. The average molecular weight is 298 g/mol. The van der Waals surface area contributed by atoms with Gasteiger partial charge in [0.25, 0.3) is 0 Å². The van der Waals surface area contributed by atoms with Crippen LogP contribution in [-0.2, 0) is 11.2 Å². The number of para-hydroxylation sites is 1. The lowest BCUT2D eigenvalue weighted by Crippen LogP contribution is -2.43. The number of hydrogen-bond donors (Lipinski definition) is 1. The Balaban J connectivity index is 2.21. The largest absolute Gasteiger partial charge is 0.325 e. The summed E-state index contributed by atoms with van der Waals surface area (Å²) in [4.78, 5) is 13.0. The van der Waals surface area contributed by atoms with Crippen molar-refractivity contribution in [2.45, 2.75) is 52.9 Å². The fraction of sp³-hybridized carbons (Fsp3) is 0.579. The van der Waals surface area contributed by atoms with Gasteiger partial charge in [-0.05, 0) is 49.1 Å². The number of nitrogens with one attached hydrogen (secondary N) is 1. The molecule has 3 nitrogen and oxygen atoms in total. The van der Waals surface area contributed by atoms with Crippen LogP contribution in [0.25, 0.3) is 0 Å². The predicted molar refractivity (Wildman–Crippen MR) is 89.3 cm³/mol. The first kappa shape index (κ1) is 16.5. The maximum Gasteiger partial charge on any atom is 0.230 e. The third-order valence-electron chi connectivity index (χ3n) is 5.26. The normalized spacial score (nSPS) is 24.8. The highest BCUT2D eigenvalue weighted by Crippen LogP contribution is 2.45. The lowest BCUT2D eigenvalue weighted by atomic mass is 9.64. The second kappa shape index (κ2) is 6.96. The summed E-state index contributed by atoms with van der Waals surface area (Å²) < 4.78 is 0. The zero-order chi connectivity index (χ0) is 16.2. The molecule has 1 aliphatic carbocycles. The molecule has 0 radical (unpaired) electrons. The van der Waals surface area contributed by atoms with Crippen LogP contribution in [-0.4, -0.2) is 5.91 Å². The quantitative estimate of drug-likeness (QED) is 0.887. The maximum absolute atomic E-state index is 13.0. The molecule has 0 saturated heterocycles. The summed E-state index contributed by atoms with van der Waals surface area (Å²) in [7, 11) is 0. The topological polar surface area (TPSA) is 52.9 Å². The molecule has 118 valence electrons. The lowest BCUT2D eigenvalue weighted by molar-refractivity contribution is -0.130. The van der Waals surface area contributed by atoms with E-state index in [4.69, 9.17) is 5.26 Å². The van der Waals surface area contributed by atoms with E-state index in [1.165, 1.54) is 0 Å². The second-order valence-corrected chi connectivity index (χ2v) is 6.94. The van der Waals surface area contributed by atoms with Gasteiger partial charge >= 0.3 is 0 Å². The van der Waals surface area contributed by atoms with E-state index in [0.717, 1.165) is 36.9 Å². The second-order valence-electron chi connectivity index (χ2n) is 6.94. The first-order valence-electron chi connectivity index (χ1n) is 8.26. The molecule has 1 saturated carbocycles. The van der Waals surface area contributed by atoms with Crippen molar-refractivity contribution in [3.63, 3.8) is 0 Å². The Morgan fingerprint density at radius 1 is 1.36 bits per heavy atom. The Hall–Kier alpha value is -1.82. The number of nitriles is 1. The molecule has 0 atom stereocenters. The number of carbonyl (C=O) groups is 1. The number of amides is 1. The molecule has 1 amide bonds. The average Bonchev–Trinajstić information content (AvgIpc) is 2.50. The summed E-state index contributed by atoms with van der Waals surface area (Å²) in [5, 5.41) is 12.0. The first-order valence-corrected chi connectivity index (χ1v) is 8.26. The minimum atomic E-state index is -0.272. The standard InChI is InChI=1S/C19H26N2O/c1-14(2)19(11-8-15(3)9-12-19)18(22)21-17-7-5-4-6-16(17)10-13-20/h4-7,14-15H,8-12H2,1-3H3,(H,21,22). The van der Waals surface area contributed by atoms with Gasteiger partial charge in [-0.1, -0.05) is 39.0 Å². The van der Waals surface area contributed by atoms with E-state index in [0.29, 0.717) is 18.3 Å². The van der Waals surface area contributed by atoms with Crippen LogP contribution >= 0.6 is 0 Å². The minimum Gasteiger partial charge on any atom is -0.325 e. The van der Waals surface area contributed by atoms with Crippen molar-refractivity contribution in [3.8, 4) is 6.07 Å². The maximum atomic E-state index is 13.0. The number of anilines is 1. The Labute approximate surface area is 133 Å². The van der Waals surface area contributed by atoms with E-state index in [1.54, 1.807) is 0 Å².